The molecule has 2 rings (SSSR count). The molecule has 2 saturated heterocycles. The Morgan fingerprint density at radius 3 is 3.00 bits per heavy atom. The van der Waals surface area contributed by atoms with Crippen LogP contribution in [0.4, 0.5) is 0 Å². The van der Waals surface area contributed by atoms with Crippen molar-refractivity contribution in [1.82, 2.24) is 5.43 Å². The van der Waals surface area contributed by atoms with Crippen molar-refractivity contribution in [2.24, 2.45) is 11.8 Å². The Hall–Kier alpha value is -0.160. The lowest BCUT2D eigenvalue weighted by molar-refractivity contribution is -0.103. The molecular formula is C12H24N2O2. The van der Waals surface area contributed by atoms with Crippen LogP contribution in [0.25, 0.3) is 0 Å². The minimum Gasteiger partial charge on any atom is -0.378 e. The number of ether oxygens (including phenoxy) is 2. The van der Waals surface area contributed by atoms with Crippen LogP contribution in [0, 0.1) is 5.92 Å². The van der Waals surface area contributed by atoms with E-state index in [0.717, 1.165) is 45.5 Å². The van der Waals surface area contributed by atoms with Crippen LogP contribution in [0.2, 0.25) is 0 Å². The zero-order valence-corrected chi connectivity index (χ0v) is 10.2. The molecule has 2 aliphatic rings. The molecule has 0 aromatic rings. The molecule has 3 atom stereocenters. The molecule has 3 N–H and O–H groups in total. The highest BCUT2D eigenvalue weighted by molar-refractivity contribution is 4.93. The molecule has 0 saturated carbocycles. The number of hydrogen-bond acceptors (Lipinski definition) is 4. The fourth-order valence-electron chi connectivity index (χ4n) is 3.04. The summed E-state index contributed by atoms with van der Waals surface area (Å²) in [5, 5.41) is 0. The Balaban J connectivity index is 1.94. The van der Waals surface area contributed by atoms with Crippen molar-refractivity contribution in [3.05, 3.63) is 0 Å². The monoisotopic (exact) mass is 228 g/mol. The zero-order valence-electron chi connectivity index (χ0n) is 10.2. The van der Waals surface area contributed by atoms with Crippen molar-refractivity contribution in [1.29, 1.82) is 0 Å². The van der Waals surface area contributed by atoms with Crippen molar-refractivity contribution >= 4 is 0 Å². The van der Waals surface area contributed by atoms with Gasteiger partial charge in [0.25, 0.3) is 0 Å². The van der Waals surface area contributed by atoms with Gasteiger partial charge >= 0.3 is 0 Å². The Kier molecular flexibility index (Phi) is 4.19. The topological polar surface area (TPSA) is 56.5 Å². The summed E-state index contributed by atoms with van der Waals surface area (Å²) in [7, 11) is 0. The number of nitrogens with one attached hydrogen (secondary N) is 1. The Morgan fingerprint density at radius 1 is 1.50 bits per heavy atom. The van der Waals surface area contributed by atoms with Gasteiger partial charge < -0.3 is 9.47 Å². The standard InChI is InChI=1S/C12H24N2O2/c1-2-3-11(14-13)10-4-6-16-12(8-10)5-7-15-9-12/h10-11,14H,2-9,13H2,1H3. The van der Waals surface area contributed by atoms with Crippen molar-refractivity contribution in [2.75, 3.05) is 19.8 Å². The van der Waals surface area contributed by atoms with Gasteiger partial charge in [0.15, 0.2) is 0 Å². The first-order valence-electron chi connectivity index (χ1n) is 6.47. The first-order chi connectivity index (χ1) is 7.79. The zero-order chi connectivity index (χ0) is 11.4. The summed E-state index contributed by atoms with van der Waals surface area (Å²) in [5.41, 5.74) is 2.99. The lowest BCUT2D eigenvalue weighted by Gasteiger charge is -2.40. The molecule has 2 heterocycles. The van der Waals surface area contributed by atoms with Crippen LogP contribution in [0.3, 0.4) is 0 Å². The number of hydrazine groups is 1. The number of hydrogen-bond donors (Lipinski definition) is 2. The van der Waals surface area contributed by atoms with Gasteiger partial charge in [-0.15, -0.1) is 0 Å². The second-order valence-corrected chi connectivity index (χ2v) is 5.15. The first-order valence-corrected chi connectivity index (χ1v) is 6.47. The summed E-state index contributed by atoms with van der Waals surface area (Å²) in [4.78, 5) is 0. The summed E-state index contributed by atoms with van der Waals surface area (Å²) >= 11 is 0. The molecule has 16 heavy (non-hydrogen) atoms. The van der Waals surface area contributed by atoms with Crippen LogP contribution in [0.15, 0.2) is 0 Å². The van der Waals surface area contributed by atoms with E-state index in [1.165, 1.54) is 6.42 Å². The van der Waals surface area contributed by atoms with E-state index in [2.05, 4.69) is 12.3 Å². The van der Waals surface area contributed by atoms with E-state index in [-0.39, 0.29) is 5.60 Å². The average molecular weight is 228 g/mol. The van der Waals surface area contributed by atoms with Gasteiger partial charge in [0.1, 0.15) is 0 Å². The van der Waals surface area contributed by atoms with Gasteiger partial charge in [0, 0.05) is 25.7 Å². The highest BCUT2D eigenvalue weighted by Gasteiger charge is 2.42. The van der Waals surface area contributed by atoms with E-state index in [4.69, 9.17) is 15.3 Å². The molecule has 94 valence electrons. The predicted octanol–water partition coefficient (Wildman–Crippen LogP) is 1.20. The Morgan fingerprint density at radius 2 is 2.38 bits per heavy atom. The van der Waals surface area contributed by atoms with Crippen LogP contribution >= 0.6 is 0 Å². The Bertz CT molecular complexity index is 217. The molecule has 2 aliphatic heterocycles. The number of nitrogens with two attached hydrogens (primary N) is 1. The van der Waals surface area contributed by atoms with Crippen LogP contribution in [-0.2, 0) is 9.47 Å². The minimum absolute atomic E-state index is 0.00571. The van der Waals surface area contributed by atoms with Crippen molar-refractivity contribution in [3.8, 4) is 0 Å². The normalized spacial score (nSPS) is 36.8. The summed E-state index contributed by atoms with van der Waals surface area (Å²) in [6, 6.07) is 0.436. The molecule has 0 aromatic carbocycles. The molecule has 4 heteroatoms. The maximum atomic E-state index is 5.94. The van der Waals surface area contributed by atoms with Gasteiger partial charge in [-0.05, 0) is 25.2 Å². The van der Waals surface area contributed by atoms with Crippen molar-refractivity contribution < 1.29 is 9.47 Å². The lowest BCUT2D eigenvalue weighted by atomic mass is 9.80. The van der Waals surface area contributed by atoms with Gasteiger partial charge in [-0.3, -0.25) is 11.3 Å². The second kappa shape index (κ2) is 5.45. The fourth-order valence-corrected chi connectivity index (χ4v) is 3.04. The minimum atomic E-state index is 0.00571. The summed E-state index contributed by atoms with van der Waals surface area (Å²) in [5.74, 6) is 6.29. The van der Waals surface area contributed by atoms with Crippen LogP contribution < -0.4 is 11.3 Å². The average Bonchev–Trinajstić information content (AvgIpc) is 2.74. The van der Waals surface area contributed by atoms with E-state index >= 15 is 0 Å². The fraction of sp³-hybridized carbons (Fsp3) is 1.00. The first kappa shape index (κ1) is 12.3. The van der Waals surface area contributed by atoms with Gasteiger partial charge in [0.2, 0.25) is 0 Å². The third-order valence-electron chi connectivity index (χ3n) is 3.98. The highest BCUT2D eigenvalue weighted by atomic mass is 16.6. The van der Waals surface area contributed by atoms with E-state index < -0.39 is 0 Å². The third kappa shape index (κ3) is 2.56. The molecule has 0 aromatic heterocycles. The molecule has 0 amide bonds. The van der Waals surface area contributed by atoms with E-state index in [9.17, 15) is 0 Å². The van der Waals surface area contributed by atoms with Crippen LogP contribution in [0.1, 0.15) is 39.0 Å². The molecule has 2 fully saturated rings. The maximum Gasteiger partial charge on any atom is 0.0939 e. The van der Waals surface area contributed by atoms with Gasteiger partial charge in [-0.1, -0.05) is 13.3 Å². The van der Waals surface area contributed by atoms with Crippen LogP contribution in [-0.4, -0.2) is 31.5 Å². The molecule has 4 nitrogen and oxygen atoms in total. The summed E-state index contributed by atoms with van der Waals surface area (Å²) in [6.07, 6.45) is 5.60. The third-order valence-corrected chi connectivity index (χ3v) is 3.98. The van der Waals surface area contributed by atoms with Gasteiger partial charge in [-0.25, -0.2) is 0 Å². The lowest BCUT2D eigenvalue weighted by Crippen LogP contribution is -2.49. The molecule has 0 bridgehead atoms. The Labute approximate surface area is 97.8 Å². The largest absolute Gasteiger partial charge is 0.378 e. The van der Waals surface area contributed by atoms with Crippen molar-refractivity contribution in [3.63, 3.8) is 0 Å². The quantitative estimate of drug-likeness (QED) is 0.561. The molecule has 0 radical (unpaired) electrons. The van der Waals surface area contributed by atoms with Crippen LogP contribution in [0.5, 0.6) is 0 Å². The van der Waals surface area contributed by atoms with E-state index in [1.807, 2.05) is 0 Å². The maximum absolute atomic E-state index is 5.94. The number of rotatable bonds is 4. The smallest absolute Gasteiger partial charge is 0.0939 e. The SMILES string of the molecule is CCCC(NN)C1CCOC2(CCOC2)C1. The van der Waals surface area contributed by atoms with Crippen molar-refractivity contribution in [2.45, 2.75) is 50.7 Å². The van der Waals surface area contributed by atoms with E-state index in [0.29, 0.717) is 12.0 Å². The second-order valence-electron chi connectivity index (χ2n) is 5.15. The predicted molar refractivity (Wildman–Crippen MR) is 62.9 cm³/mol. The molecule has 3 unspecified atom stereocenters. The van der Waals surface area contributed by atoms with Gasteiger partial charge in [-0.2, -0.15) is 0 Å². The van der Waals surface area contributed by atoms with E-state index in [1.54, 1.807) is 0 Å². The summed E-state index contributed by atoms with van der Waals surface area (Å²) in [6.45, 7) is 4.68. The molecule has 0 aliphatic carbocycles. The summed E-state index contributed by atoms with van der Waals surface area (Å²) < 4.78 is 11.4. The highest BCUT2D eigenvalue weighted by Crippen LogP contribution is 2.37. The molecular weight excluding hydrogens is 204 g/mol. The molecule has 1 spiro atoms. The van der Waals surface area contributed by atoms with Gasteiger partial charge in [0.05, 0.1) is 12.2 Å².